The number of benzene rings is 3. The molecule has 140 valence electrons. The lowest BCUT2D eigenvalue weighted by Crippen LogP contribution is -2.10. The van der Waals surface area contributed by atoms with E-state index in [2.05, 4.69) is 17.4 Å². The molecule has 3 aromatic carbocycles. The van der Waals surface area contributed by atoms with Crippen LogP contribution in [0.5, 0.6) is 5.75 Å². The topological polar surface area (TPSA) is 38.3 Å². The lowest BCUT2D eigenvalue weighted by Gasteiger charge is -2.06. The third-order valence-corrected chi connectivity index (χ3v) is 6.18. The molecule has 0 aliphatic heterocycles. The minimum Gasteiger partial charge on any atom is -0.497 e. The fourth-order valence-corrected chi connectivity index (χ4v) is 4.43. The Balaban J connectivity index is 1.50. The molecule has 0 unspecified atom stereocenters. The molecular formula is C23H18ClNO2S. The number of hydrogen-bond donors (Lipinski definition) is 1. The van der Waals surface area contributed by atoms with E-state index in [4.69, 9.17) is 16.3 Å². The second-order valence-electron chi connectivity index (χ2n) is 6.42. The number of nitrogens with one attached hydrogen (secondary N) is 1. The van der Waals surface area contributed by atoms with Gasteiger partial charge in [0.25, 0.3) is 5.91 Å². The van der Waals surface area contributed by atoms with E-state index < -0.39 is 0 Å². The number of ether oxygens (including phenoxy) is 1. The molecule has 0 fully saturated rings. The molecule has 1 heterocycles. The summed E-state index contributed by atoms with van der Waals surface area (Å²) < 4.78 is 6.19. The second kappa shape index (κ2) is 8.05. The average Bonchev–Trinajstić information content (AvgIpc) is 3.06. The van der Waals surface area contributed by atoms with E-state index in [1.807, 2.05) is 60.7 Å². The first-order valence-corrected chi connectivity index (χ1v) is 10.0. The number of thiophene rings is 1. The number of anilines is 1. The van der Waals surface area contributed by atoms with Crippen molar-refractivity contribution in [2.75, 3.05) is 12.4 Å². The number of hydrogen-bond acceptors (Lipinski definition) is 3. The van der Waals surface area contributed by atoms with E-state index in [-0.39, 0.29) is 5.91 Å². The van der Waals surface area contributed by atoms with Gasteiger partial charge in [-0.15, -0.1) is 11.3 Å². The summed E-state index contributed by atoms with van der Waals surface area (Å²) >= 11 is 7.83. The summed E-state index contributed by atoms with van der Waals surface area (Å²) in [5.74, 6) is 0.508. The SMILES string of the molecule is COc1ccc2sc(C(=O)Nc3ccc(Cc4ccccc4)cc3)c(Cl)c2c1. The largest absolute Gasteiger partial charge is 0.497 e. The van der Waals surface area contributed by atoms with Gasteiger partial charge in [-0.3, -0.25) is 4.79 Å². The van der Waals surface area contributed by atoms with Crippen LogP contribution in [0.4, 0.5) is 5.69 Å². The van der Waals surface area contributed by atoms with Crippen molar-refractivity contribution >= 4 is 44.6 Å². The van der Waals surface area contributed by atoms with Gasteiger partial charge in [0.1, 0.15) is 10.6 Å². The molecular weight excluding hydrogens is 390 g/mol. The van der Waals surface area contributed by atoms with Gasteiger partial charge in [-0.1, -0.05) is 54.1 Å². The first-order valence-electron chi connectivity index (χ1n) is 8.84. The number of carbonyl (C=O) groups excluding carboxylic acids is 1. The monoisotopic (exact) mass is 407 g/mol. The van der Waals surface area contributed by atoms with Crippen molar-refractivity contribution in [1.29, 1.82) is 0 Å². The van der Waals surface area contributed by atoms with Crippen LogP contribution in [0.25, 0.3) is 10.1 Å². The summed E-state index contributed by atoms with van der Waals surface area (Å²) in [5, 5.41) is 4.22. The van der Waals surface area contributed by atoms with Crippen molar-refractivity contribution in [3.63, 3.8) is 0 Å². The highest BCUT2D eigenvalue weighted by molar-refractivity contribution is 7.21. The predicted molar refractivity (Wildman–Crippen MR) is 117 cm³/mol. The van der Waals surface area contributed by atoms with Crippen molar-refractivity contribution in [2.45, 2.75) is 6.42 Å². The Hall–Kier alpha value is -2.82. The first kappa shape index (κ1) is 18.5. The van der Waals surface area contributed by atoms with Crippen LogP contribution in [-0.2, 0) is 6.42 Å². The average molecular weight is 408 g/mol. The van der Waals surface area contributed by atoms with Gasteiger partial charge < -0.3 is 10.1 Å². The zero-order chi connectivity index (χ0) is 19.5. The van der Waals surface area contributed by atoms with Crippen molar-refractivity contribution in [3.8, 4) is 5.75 Å². The Kier molecular flexibility index (Phi) is 5.33. The first-order chi connectivity index (χ1) is 13.6. The quantitative estimate of drug-likeness (QED) is 0.415. The standard InChI is InChI=1S/C23H18ClNO2S/c1-27-18-11-12-20-19(14-18)21(24)22(28-20)23(26)25-17-9-7-16(8-10-17)13-15-5-3-2-4-6-15/h2-12,14H,13H2,1H3,(H,25,26). The number of halogens is 1. The van der Waals surface area contributed by atoms with E-state index in [9.17, 15) is 4.79 Å². The van der Waals surface area contributed by atoms with Gasteiger partial charge in [-0.2, -0.15) is 0 Å². The molecule has 0 aliphatic rings. The van der Waals surface area contributed by atoms with Gasteiger partial charge in [0, 0.05) is 15.8 Å². The molecule has 0 aliphatic carbocycles. The molecule has 4 rings (SSSR count). The highest BCUT2D eigenvalue weighted by Crippen LogP contribution is 2.37. The third kappa shape index (κ3) is 3.88. The van der Waals surface area contributed by atoms with Crippen LogP contribution in [0, 0.1) is 0 Å². The Morgan fingerprint density at radius 3 is 2.43 bits per heavy atom. The highest BCUT2D eigenvalue weighted by Gasteiger charge is 2.18. The molecule has 0 bridgehead atoms. The molecule has 5 heteroatoms. The van der Waals surface area contributed by atoms with E-state index in [1.54, 1.807) is 7.11 Å². The van der Waals surface area contributed by atoms with Gasteiger partial charge in [-0.05, 0) is 47.9 Å². The van der Waals surface area contributed by atoms with Gasteiger partial charge in [-0.25, -0.2) is 0 Å². The van der Waals surface area contributed by atoms with Crippen LogP contribution < -0.4 is 10.1 Å². The van der Waals surface area contributed by atoms with Crippen molar-refractivity contribution in [3.05, 3.63) is 93.8 Å². The van der Waals surface area contributed by atoms with Gasteiger partial charge in [0.2, 0.25) is 0 Å². The van der Waals surface area contributed by atoms with E-state index in [0.29, 0.717) is 15.6 Å². The zero-order valence-corrected chi connectivity index (χ0v) is 16.8. The molecule has 3 nitrogen and oxygen atoms in total. The molecule has 0 saturated carbocycles. The van der Waals surface area contributed by atoms with E-state index >= 15 is 0 Å². The maximum atomic E-state index is 12.7. The normalized spacial score (nSPS) is 10.8. The molecule has 0 radical (unpaired) electrons. The predicted octanol–water partition coefficient (Wildman–Crippen LogP) is 6.41. The van der Waals surface area contributed by atoms with Crippen LogP contribution >= 0.6 is 22.9 Å². The van der Waals surface area contributed by atoms with Crippen molar-refractivity contribution in [1.82, 2.24) is 0 Å². The fraction of sp³-hybridized carbons (Fsp3) is 0.0870. The van der Waals surface area contributed by atoms with Gasteiger partial charge in [0.05, 0.1) is 12.1 Å². The van der Waals surface area contributed by atoms with Crippen LogP contribution in [0.1, 0.15) is 20.8 Å². The summed E-state index contributed by atoms with van der Waals surface area (Å²) in [4.78, 5) is 13.2. The molecule has 1 aromatic heterocycles. The Morgan fingerprint density at radius 1 is 1.00 bits per heavy atom. The van der Waals surface area contributed by atoms with Crippen LogP contribution in [0.2, 0.25) is 5.02 Å². The van der Waals surface area contributed by atoms with Crippen LogP contribution in [0.15, 0.2) is 72.8 Å². The van der Waals surface area contributed by atoms with Crippen LogP contribution in [0.3, 0.4) is 0 Å². The Bertz CT molecular complexity index is 1120. The molecule has 0 saturated heterocycles. The number of amides is 1. The highest BCUT2D eigenvalue weighted by atomic mass is 35.5. The molecule has 1 N–H and O–H groups in total. The fourth-order valence-electron chi connectivity index (χ4n) is 3.05. The minimum atomic E-state index is -0.207. The number of carbonyl (C=O) groups is 1. The number of fused-ring (bicyclic) bond motifs is 1. The third-order valence-electron chi connectivity index (χ3n) is 4.50. The summed E-state index contributed by atoms with van der Waals surface area (Å²) in [5.41, 5.74) is 3.19. The Labute approximate surface area is 172 Å². The van der Waals surface area contributed by atoms with Crippen LogP contribution in [-0.4, -0.2) is 13.0 Å². The lowest BCUT2D eigenvalue weighted by atomic mass is 10.0. The molecule has 0 spiro atoms. The van der Waals surface area contributed by atoms with E-state index in [0.717, 1.165) is 22.2 Å². The molecule has 4 aromatic rings. The summed E-state index contributed by atoms with van der Waals surface area (Å²) in [6.45, 7) is 0. The van der Waals surface area contributed by atoms with Gasteiger partial charge >= 0.3 is 0 Å². The summed E-state index contributed by atoms with van der Waals surface area (Å²) in [7, 11) is 1.61. The molecule has 0 atom stereocenters. The maximum absolute atomic E-state index is 12.7. The maximum Gasteiger partial charge on any atom is 0.267 e. The summed E-state index contributed by atoms with van der Waals surface area (Å²) in [6.07, 6.45) is 0.860. The second-order valence-corrected chi connectivity index (χ2v) is 7.85. The smallest absolute Gasteiger partial charge is 0.267 e. The summed E-state index contributed by atoms with van der Waals surface area (Å²) in [6, 6.07) is 23.8. The minimum absolute atomic E-state index is 0.207. The van der Waals surface area contributed by atoms with E-state index in [1.165, 1.54) is 22.5 Å². The van der Waals surface area contributed by atoms with Crippen molar-refractivity contribution in [2.24, 2.45) is 0 Å². The number of methoxy groups -OCH3 is 1. The Morgan fingerprint density at radius 2 is 1.71 bits per heavy atom. The zero-order valence-electron chi connectivity index (χ0n) is 15.2. The molecule has 1 amide bonds. The van der Waals surface area contributed by atoms with Gasteiger partial charge in [0.15, 0.2) is 0 Å². The molecule has 28 heavy (non-hydrogen) atoms. The number of rotatable bonds is 5. The van der Waals surface area contributed by atoms with Crippen molar-refractivity contribution < 1.29 is 9.53 Å². The lowest BCUT2D eigenvalue weighted by molar-refractivity contribution is 0.103.